The van der Waals surface area contributed by atoms with Crippen LogP contribution in [0, 0.1) is 5.82 Å². The van der Waals surface area contributed by atoms with Gasteiger partial charge in [-0.05, 0) is 24.6 Å². The molecule has 26 heavy (non-hydrogen) atoms. The molecule has 2 atom stereocenters. The molecule has 1 aromatic heterocycles. The SMILES string of the molecule is Cn1cc([C@@H]2NC(=O)CC[C@H]2NCc2cc(C(F)(F)F)ccc2F)cn1. The van der Waals surface area contributed by atoms with Gasteiger partial charge in [-0.15, -0.1) is 0 Å². The van der Waals surface area contributed by atoms with Crippen molar-refractivity contribution < 1.29 is 22.4 Å². The van der Waals surface area contributed by atoms with Crippen molar-refractivity contribution in [3.05, 3.63) is 53.1 Å². The Morgan fingerprint density at radius 1 is 1.38 bits per heavy atom. The molecule has 1 aromatic carbocycles. The number of benzene rings is 1. The van der Waals surface area contributed by atoms with Gasteiger partial charge in [0.2, 0.25) is 5.91 Å². The Kier molecular flexibility index (Phi) is 4.99. The minimum Gasteiger partial charge on any atom is -0.348 e. The van der Waals surface area contributed by atoms with E-state index in [1.807, 2.05) is 0 Å². The molecule has 1 fully saturated rings. The lowest BCUT2D eigenvalue weighted by atomic mass is 9.93. The highest BCUT2D eigenvalue weighted by Gasteiger charge is 2.32. The molecule has 140 valence electrons. The summed E-state index contributed by atoms with van der Waals surface area (Å²) in [6.45, 7) is -0.0763. The van der Waals surface area contributed by atoms with E-state index in [2.05, 4.69) is 15.7 Å². The predicted molar refractivity (Wildman–Crippen MR) is 85.4 cm³/mol. The first-order valence-corrected chi connectivity index (χ1v) is 8.11. The summed E-state index contributed by atoms with van der Waals surface area (Å²) in [7, 11) is 1.74. The van der Waals surface area contributed by atoms with Gasteiger partial charge in [0.25, 0.3) is 0 Å². The van der Waals surface area contributed by atoms with Crippen molar-refractivity contribution >= 4 is 5.91 Å². The Morgan fingerprint density at radius 3 is 2.81 bits per heavy atom. The van der Waals surface area contributed by atoms with Gasteiger partial charge in [-0.1, -0.05) is 0 Å². The number of halogens is 4. The lowest BCUT2D eigenvalue weighted by molar-refractivity contribution is -0.137. The summed E-state index contributed by atoms with van der Waals surface area (Å²) < 4.78 is 54.0. The van der Waals surface area contributed by atoms with Crippen LogP contribution in [0.15, 0.2) is 30.6 Å². The molecule has 1 amide bonds. The molecule has 1 aliphatic heterocycles. The van der Waals surface area contributed by atoms with Crippen LogP contribution >= 0.6 is 0 Å². The average molecular weight is 370 g/mol. The van der Waals surface area contributed by atoms with Gasteiger partial charge < -0.3 is 10.6 Å². The second kappa shape index (κ2) is 7.06. The second-order valence-corrected chi connectivity index (χ2v) is 6.32. The molecule has 2 N–H and O–H groups in total. The first-order chi connectivity index (χ1) is 12.2. The molecule has 2 aromatic rings. The van der Waals surface area contributed by atoms with Crippen LogP contribution < -0.4 is 10.6 Å². The van der Waals surface area contributed by atoms with Crippen molar-refractivity contribution in [2.24, 2.45) is 7.05 Å². The van der Waals surface area contributed by atoms with Crippen LogP contribution in [0.4, 0.5) is 17.6 Å². The largest absolute Gasteiger partial charge is 0.416 e. The first-order valence-electron chi connectivity index (χ1n) is 8.11. The zero-order chi connectivity index (χ0) is 18.9. The summed E-state index contributed by atoms with van der Waals surface area (Å²) in [5.41, 5.74) is -0.180. The summed E-state index contributed by atoms with van der Waals surface area (Å²) in [5.74, 6) is -0.814. The van der Waals surface area contributed by atoms with E-state index in [0.29, 0.717) is 12.8 Å². The fourth-order valence-corrected chi connectivity index (χ4v) is 3.06. The summed E-state index contributed by atoms with van der Waals surface area (Å²) >= 11 is 0. The molecule has 0 saturated carbocycles. The molecule has 0 spiro atoms. The smallest absolute Gasteiger partial charge is 0.348 e. The molecule has 0 bridgehead atoms. The molecule has 5 nitrogen and oxygen atoms in total. The van der Waals surface area contributed by atoms with Gasteiger partial charge >= 0.3 is 6.18 Å². The number of hydrogen-bond acceptors (Lipinski definition) is 3. The van der Waals surface area contributed by atoms with Crippen LogP contribution in [-0.2, 0) is 24.6 Å². The first kappa shape index (κ1) is 18.4. The Bertz CT molecular complexity index is 802. The zero-order valence-electron chi connectivity index (χ0n) is 14.0. The zero-order valence-corrected chi connectivity index (χ0v) is 14.0. The predicted octanol–water partition coefficient (Wildman–Crippen LogP) is 2.69. The Hall–Kier alpha value is -2.42. The van der Waals surface area contributed by atoms with Crippen LogP contribution in [0.25, 0.3) is 0 Å². The lowest BCUT2D eigenvalue weighted by Gasteiger charge is -2.32. The van der Waals surface area contributed by atoms with Crippen LogP contribution in [-0.4, -0.2) is 21.7 Å². The Labute approximate surface area is 147 Å². The number of aromatic nitrogens is 2. The van der Waals surface area contributed by atoms with E-state index in [-0.39, 0.29) is 30.1 Å². The van der Waals surface area contributed by atoms with Gasteiger partial charge in [-0.25, -0.2) is 4.39 Å². The Balaban J connectivity index is 1.76. The van der Waals surface area contributed by atoms with E-state index < -0.39 is 17.6 Å². The molecule has 1 aliphatic rings. The number of carbonyl (C=O) groups is 1. The molecule has 0 unspecified atom stereocenters. The number of hydrogen-bond donors (Lipinski definition) is 2. The fraction of sp³-hybridized carbons (Fsp3) is 0.412. The van der Waals surface area contributed by atoms with Crippen molar-refractivity contribution in [2.45, 2.75) is 37.6 Å². The molecule has 2 heterocycles. The summed E-state index contributed by atoms with van der Waals surface area (Å²) in [4.78, 5) is 11.7. The minimum absolute atomic E-state index is 0.0679. The number of rotatable bonds is 4. The van der Waals surface area contributed by atoms with Gasteiger partial charge in [-0.3, -0.25) is 9.48 Å². The third kappa shape index (κ3) is 4.04. The van der Waals surface area contributed by atoms with Crippen LogP contribution in [0.3, 0.4) is 0 Å². The number of alkyl halides is 3. The van der Waals surface area contributed by atoms with Crippen molar-refractivity contribution in [1.82, 2.24) is 20.4 Å². The number of nitrogens with zero attached hydrogens (tertiary/aromatic N) is 2. The highest BCUT2D eigenvalue weighted by atomic mass is 19.4. The van der Waals surface area contributed by atoms with Gasteiger partial charge in [0, 0.05) is 43.4 Å². The van der Waals surface area contributed by atoms with E-state index in [4.69, 9.17) is 0 Å². The van der Waals surface area contributed by atoms with Crippen LogP contribution in [0.2, 0.25) is 0 Å². The number of aryl methyl sites for hydroxylation is 1. The van der Waals surface area contributed by atoms with Crippen molar-refractivity contribution in [2.75, 3.05) is 0 Å². The molecule has 0 aliphatic carbocycles. The molecule has 3 rings (SSSR count). The Morgan fingerprint density at radius 2 is 2.15 bits per heavy atom. The molecular weight excluding hydrogens is 352 g/mol. The summed E-state index contributed by atoms with van der Waals surface area (Å²) in [6.07, 6.45) is -0.364. The van der Waals surface area contributed by atoms with Crippen molar-refractivity contribution in [3.63, 3.8) is 0 Å². The third-order valence-electron chi connectivity index (χ3n) is 4.41. The lowest BCUT2D eigenvalue weighted by Crippen LogP contribution is -2.48. The average Bonchev–Trinajstić information content (AvgIpc) is 3.00. The highest BCUT2D eigenvalue weighted by molar-refractivity contribution is 5.77. The summed E-state index contributed by atoms with van der Waals surface area (Å²) in [6, 6.07) is 1.73. The van der Waals surface area contributed by atoms with Crippen LogP contribution in [0.5, 0.6) is 0 Å². The number of carbonyl (C=O) groups excluding carboxylic acids is 1. The maximum atomic E-state index is 13.9. The number of amides is 1. The molecule has 9 heteroatoms. The topological polar surface area (TPSA) is 59.0 Å². The van der Waals surface area contributed by atoms with Crippen molar-refractivity contribution in [3.8, 4) is 0 Å². The quantitative estimate of drug-likeness (QED) is 0.814. The molecule has 0 radical (unpaired) electrons. The minimum atomic E-state index is -4.53. The maximum Gasteiger partial charge on any atom is 0.416 e. The number of nitrogens with one attached hydrogen (secondary N) is 2. The number of piperidine rings is 1. The normalized spacial score (nSPS) is 20.9. The van der Waals surface area contributed by atoms with Gasteiger partial charge in [-0.2, -0.15) is 18.3 Å². The van der Waals surface area contributed by atoms with E-state index in [9.17, 15) is 22.4 Å². The van der Waals surface area contributed by atoms with E-state index in [1.165, 1.54) is 0 Å². The highest BCUT2D eigenvalue weighted by Crippen LogP contribution is 2.30. The van der Waals surface area contributed by atoms with E-state index >= 15 is 0 Å². The standard InChI is InChI=1S/C17H18F4N4O/c1-25-9-11(8-23-25)16-14(4-5-15(26)24-16)22-7-10-6-12(17(19,20)21)2-3-13(10)18/h2-3,6,8-9,14,16,22H,4-5,7H2,1H3,(H,24,26)/t14-,16+/m1/s1. The van der Waals surface area contributed by atoms with E-state index in [0.717, 1.165) is 23.8 Å². The molecular formula is C17H18F4N4O. The fourth-order valence-electron chi connectivity index (χ4n) is 3.06. The molecule has 1 saturated heterocycles. The van der Waals surface area contributed by atoms with Gasteiger partial charge in [0.05, 0.1) is 17.8 Å². The van der Waals surface area contributed by atoms with Gasteiger partial charge in [0.1, 0.15) is 5.82 Å². The maximum absolute atomic E-state index is 13.9. The van der Waals surface area contributed by atoms with E-state index in [1.54, 1.807) is 24.1 Å². The monoisotopic (exact) mass is 370 g/mol. The van der Waals surface area contributed by atoms with Crippen molar-refractivity contribution in [1.29, 1.82) is 0 Å². The van der Waals surface area contributed by atoms with Crippen LogP contribution in [0.1, 0.15) is 35.6 Å². The third-order valence-corrected chi connectivity index (χ3v) is 4.41. The second-order valence-electron chi connectivity index (χ2n) is 6.32. The van der Waals surface area contributed by atoms with Gasteiger partial charge in [0.15, 0.2) is 0 Å². The summed E-state index contributed by atoms with van der Waals surface area (Å²) in [5, 5.41) is 10.0.